The number of hydrogen-bond acceptors (Lipinski definition) is 7. The van der Waals surface area contributed by atoms with Crippen molar-refractivity contribution in [2.75, 3.05) is 6.54 Å². The molecule has 3 rings (SSSR count). The van der Waals surface area contributed by atoms with E-state index in [-0.39, 0.29) is 36.3 Å². The highest BCUT2D eigenvalue weighted by atomic mass is 16.5. The second-order valence-electron chi connectivity index (χ2n) is 5.33. The summed E-state index contributed by atoms with van der Waals surface area (Å²) in [6.45, 7) is -0.327. The summed E-state index contributed by atoms with van der Waals surface area (Å²) < 4.78 is 4.92. The largest absolute Gasteiger partial charge is 0.426 e. The molecule has 0 aromatic heterocycles. The van der Waals surface area contributed by atoms with Crippen molar-refractivity contribution in [3.63, 3.8) is 0 Å². The molecule has 0 bridgehead atoms. The number of carbonyl (C=O) groups excluding carboxylic acids is 5. The first-order chi connectivity index (χ1) is 11.4. The topological polar surface area (TPSA) is 136 Å². The molecule has 4 amide bonds. The van der Waals surface area contributed by atoms with Crippen LogP contribution < -0.4 is 15.8 Å². The number of hydrogen-bond donors (Lipinski definition) is 2. The van der Waals surface area contributed by atoms with Crippen molar-refractivity contribution in [2.45, 2.75) is 18.9 Å². The van der Waals surface area contributed by atoms with Crippen LogP contribution in [0.1, 0.15) is 33.6 Å². The van der Waals surface area contributed by atoms with Crippen molar-refractivity contribution in [1.82, 2.24) is 10.2 Å². The van der Waals surface area contributed by atoms with Crippen LogP contribution in [0.3, 0.4) is 0 Å². The molecule has 0 saturated carbocycles. The van der Waals surface area contributed by atoms with Gasteiger partial charge in [0.2, 0.25) is 11.8 Å². The summed E-state index contributed by atoms with van der Waals surface area (Å²) in [5.74, 6) is -3.03. The van der Waals surface area contributed by atoms with E-state index in [1.165, 1.54) is 18.2 Å². The molecule has 1 aromatic rings. The third kappa shape index (κ3) is 2.54. The van der Waals surface area contributed by atoms with Crippen LogP contribution in [-0.4, -0.2) is 47.1 Å². The van der Waals surface area contributed by atoms with Crippen molar-refractivity contribution in [1.29, 1.82) is 0 Å². The molecule has 1 unspecified atom stereocenters. The number of nitrogens with one attached hydrogen (secondary N) is 1. The fourth-order valence-corrected chi connectivity index (χ4v) is 2.69. The molecule has 1 aromatic carbocycles. The van der Waals surface area contributed by atoms with Gasteiger partial charge in [-0.25, -0.2) is 0 Å². The Morgan fingerprint density at radius 3 is 2.58 bits per heavy atom. The van der Waals surface area contributed by atoms with Crippen molar-refractivity contribution in [3.8, 4) is 5.75 Å². The van der Waals surface area contributed by atoms with Crippen LogP contribution in [-0.2, 0) is 14.4 Å². The van der Waals surface area contributed by atoms with E-state index in [0.29, 0.717) is 0 Å². The van der Waals surface area contributed by atoms with Gasteiger partial charge < -0.3 is 10.5 Å². The van der Waals surface area contributed by atoms with Gasteiger partial charge in [0.25, 0.3) is 11.8 Å². The Bertz CT molecular complexity index is 787. The monoisotopic (exact) mass is 331 g/mol. The average molecular weight is 331 g/mol. The van der Waals surface area contributed by atoms with Crippen molar-refractivity contribution < 1.29 is 28.7 Å². The Kier molecular flexibility index (Phi) is 3.86. The van der Waals surface area contributed by atoms with Crippen molar-refractivity contribution in [2.24, 2.45) is 5.73 Å². The lowest BCUT2D eigenvalue weighted by atomic mass is 10.0. The molecule has 2 aliphatic heterocycles. The van der Waals surface area contributed by atoms with Crippen LogP contribution >= 0.6 is 0 Å². The molecule has 1 saturated heterocycles. The predicted molar refractivity (Wildman–Crippen MR) is 77.8 cm³/mol. The fourth-order valence-electron chi connectivity index (χ4n) is 2.69. The second-order valence-corrected chi connectivity index (χ2v) is 5.33. The van der Waals surface area contributed by atoms with Crippen molar-refractivity contribution in [3.05, 3.63) is 29.3 Å². The summed E-state index contributed by atoms with van der Waals surface area (Å²) in [5, 5.41) is 2.11. The van der Waals surface area contributed by atoms with E-state index < -0.39 is 35.6 Å². The molecule has 24 heavy (non-hydrogen) atoms. The number of amides is 4. The number of fused-ring (bicyclic) bond motifs is 1. The first-order valence-electron chi connectivity index (χ1n) is 7.18. The minimum absolute atomic E-state index is 0.0343. The van der Waals surface area contributed by atoms with Gasteiger partial charge in [0, 0.05) is 6.42 Å². The van der Waals surface area contributed by atoms with E-state index in [1.54, 1.807) is 0 Å². The normalized spacial score (nSPS) is 20.0. The minimum Gasteiger partial charge on any atom is -0.426 e. The molecule has 1 fully saturated rings. The quantitative estimate of drug-likeness (QED) is 0.410. The molecule has 1 atom stereocenters. The third-order valence-corrected chi connectivity index (χ3v) is 3.81. The number of imide groups is 2. The van der Waals surface area contributed by atoms with Gasteiger partial charge in [-0.2, -0.15) is 0 Å². The highest BCUT2D eigenvalue weighted by Crippen LogP contribution is 2.30. The lowest BCUT2D eigenvalue weighted by molar-refractivity contribution is -0.136. The maximum absolute atomic E-state index is 12.5. The van der Waals surface area contributed by atoms with Gasteiger partial charge in [0.15, 0.2) is 0 Å². The summed E-state index contributed by atoms with van der Waals surface area (Å²) in [6.07, 6.45) is 0.119. The highest BCUT2D eigenvalue weighted by Gasteiger charge is 2.44. The Hall–Kier alpha value is -3.07. The molecule has 9 nitrogen and oxygen atoms in total. The van der Waals surface area contributed by atoms with Gasteiger partial charge in [-0.15, -0.1) is 0 Å². The molecule has 0 radical (unpaired) electrons. The average Bonchev–Trinajstić information content (AvgIpc) is 2.79. The predicted octanol–water partition coefficient (Wildman–Crippen LogP) is -1.05. The number of carbonyl (C=O) groups is 5. The van der Waals surface area contributed by atoms with Crippen LogP contribution in [0.25, 0.3) is 0 Å². The number of esters is 1. The number of nitrogens with two attached hydrogens (primary N) is 1. The first-order valence-corrected chi connectivity index (χ1v) is 7.18. The second kappa shape index (κ2) is 5.85. The number of benzene rings is 1. The molecule has 2 aliphatic rings. The summed E-state index contributed by atoms with van der Waals surface area (Å²) in [7, 11) is 0. The van der Waals surface area contributed by atoms with Crippen LogP contribution in [0.5, 0.6) is 5.75 Å². The van der Waals surface area contributed by atoms with Crippen LogP contribution in [0.4, 0.5) is 0 Å². The Morgan fingerprint density at radius 2 is 1.92 bits per heavy atom. The lowest BCUT2D eigenvalue weighted by Gasteiger charge is -2.27. The lowest BCUT2D eigenvalue weighted by Crippen LogP contribution is -2.54. The van der Waals surface area contributed by atoms with Gasteiger partial charge >= 0.3 is 5.97 Å². The van der Waals surface area contributed by atoms with E-state index in [0.717, 1.165) is 4.90 Å². The Balaban J connectivity index is 1.89. The van der Waals surface area contributed by atoms with Crippen LogP contribution in [0, 0.1) is 0 Å². The van der Waals surface area contributed by atoms with Gasteiger partial charge in [-0.3, -0.25) is 34.2 Å². The maximum atomic E-state index is 12.5. The molecule has 2 heterocycles. The summed E-state index contributed by atoms with van der Waals surface area (Å²) >= 11 is 0. The van der Waals surface area contributed by atoms with Crippen LogP contribution in [0.15, 0.2) is 18.2 Å². The van der Waals surface area contributed by atoms with E-state index in [2.05, 4.69) is 5.32 Å². The maximum Gasteiger partial charge on any atom is 0.325 e. The van der Waals surface area contributed by atoms with Crippen molar-refractivity contribution >= 4 is 29.6 Å². The van der Waals surface area contributed by atoms with E-state index in [4.69, 9.17) is 10.5 Å². The van der Waals surface area contributed by atoms with Crippen LogP contribution in [0.2, 0.25) is 0 Å². The molecular formula is C15H13N3O6. The van der Waals surface area contributed by atoms with Gasteiger partial charge in [-0.1, -0.05) is 0 Å². The van der Waals surface area contributed by atoms with Gasteiger partial charge in [0.1, 0.15) is 11.8 Å². The zero-order chi connectivity index (χ0) is 17.4. The molecule has 9 heteroatoms. The number of ether oxygens (including phenoxy) is 1. The molecule has 0 aliphatic carbocycles. The summed E-state index contributed by atoms with van der Waals surface area (Å²) in [5.41, 5.74) is 5.30. The summed E-state index contributed by atoms with van der Waals surface area (Å²) in [6, 6.07) is 2.94. The Morgan fingerprint density at radius 1 is 1.21 bits per heavy atom. The summed E-state index contributed by atoms with van der Waals surface area (Å²) in [4.78, 5) is 60.1. The molecule has 3 N–H and O–H groups in total. The smallest absolute Gasteiger partial charge is 0.325 e. The molecule has 0 spiro atoms. The fraction of sp³-hybridized carbons (Fsp3) is 0.267. The van der Waals surface area contributed by atoms with E-state index in [9.17, 15) is 24.0 Å². The SMILES string of the molecule is NCC(=O)Oc1ccc2c(c1)C(=O)N(C1CCC(=O)NC1=O)C2=O. The van der Waals surface area contributed by atoms with Gasteiger partial charge in [0.05, 0.1) is 17.7 Å². The van der Waals surface area contributed by atoms with E-state index in [1.807, 2.05) is 0 Å². The zero-order valence-corrected chi connectivity index (χ0v) is 12.4. The standard InChI is InChI=1S/C15H13N3O6/c16-6-12(20)24-7-1-2-8-9(5-7)15(23)18(14(8)22)10-3-4-11(19)17-13(10)21/h1-2,5,10H,3-4,6,16H2,(H,17,19,21). The molecular weight excluding hydrogens is 318 g/mol. The minimum atomic E-state index is -1.04. The van der Waals surface area contributed by atoms with Gasteiger partial charge in [-0.05, 0) is 24.6 Å². The highest BCUT2D eigenvalue weighted by molar-refractivity contribution is 6.23. The van der Waals surface area contributed by atoms with E-state index >= 15 is 0 Å². The zero-order valence-electron chi connectivity index (χ0n) is 12.4. The number of rotatable bonds is 3. The first kappa shape index (κ1) is 15.8. The molecule has 124 valence electrons. The third-order valence-electron chi connectivity index (χ3n) is 3.81. The number of nitrogens with zero attached hydrogens (tertiary/aromatic N) is 1. The Labute approximate surface area is 135 Å². The number of piperidine rings is 1.